The molecule has 0 spiro atoms. The molecule has 0 aromatic rings. The van der Waals surface area contributed by atoms with E-state index < -0.39 is 265 Å². The molecule has 0 N–H and O–H groups in total. The Bertz CT molecular complexity index is 4000. The van der Waals surface area contributed by atoms with E-state index in [0.717, 1.165) is 166 Å². The standard InChI is InChI=1S/C91H132O38/c1-48(2)28-22-29-49(3)30-23-31-50(4)32-24-33-51(5)34-25-35-52(6)36-26-37-53(7)38-27-39-54(8)40-41-105-86-80(119-62(16)99)75(118-61(15)98)73(47-106-86)125-87-82(121-64(18)101)76(69(43-107-87)113-56(10)93)126-89-84(123-66(20)103)78(71(45-109-89)115-58(12)95)128-91-85(124-67(21)104)79(72(46-111-91)116-59(13)96)129-90-83(122-65(19)102)77(70(44-110-90)114-57(11)94)127-88-81(120-63(17)100)74(117-60(14)97)68(42-108-88)112-55(9)92/h28,30,32,34,36,38,40,68-91H,22-27,29,31,33,35,37,39,41-47H2,1-21H3. The summed E-state index contributed by atoms with van der Waals surface area (Å²) >= 11 is 0. The molecule has 6 aliphatic rings. The van der Waals surface area contributed by atoms with Gasteiger partial charge in [0.1, 0.15) is 30.5 Å². The lowest BCUT2D eigenvalue weighted by Gasteiger charge is -2.49. The summed E-state index contributed by atoms with van der Waals surface area (Å²) in [6.45, 7) is 26.5. The second-order valence-corrected chi connectivity index (χ2v) is 32.8. The van der Waals surface area contributed by atoms with Crippen molar-refractivity contribution in [2.24, 2.45) is 0 Å². The van der Waals surface area contributed by atoms with Gasteiger partial charge in [0.05, 0.1) is 46.2 Å². The highest BCUT2D eigenvalue weighted by atomic mass is 16.8. The molecule has 6 heterocycles. The van der Waals surface area contributed by atoms with Gasteiger partial charge in [0, 0.05) is 90.0 Å². The van der Waals surface area contributed by atoms with Crippen LogP contribution < -0.4 is 0 Å². The summed E-state index contributed by atoms with van der Waals surface area (Å²) in [6, 6.07) is 0. The minimum atomic E-state index is -2.04. The summed E-state index contributed by atoms with van der Waals surface area (Å²) in [5, 5.41) is 0. The molecule has 6 fully saturated rings. The third kappa shape index (κ3) is 37.9. The topological polar surface area (TPSA) is 453 Å². The Hall–Kier alpha value is -9.19. The van der Waals surface area contributed by atoms with Crippen molar-refractivity contribution < 1.29 is 181 Å². The highest BCUT2D eigenvalue weighted by molar-refractivity contribution is 5.71. The highest BCUT2D eigenvalue weighted by Crippen LogP contribution is 2.39. The van der Waals surface area contributed by atoms with Gasteiger partial charge in [-0.15, -0.1) is 0 Å². The summed E-state index contributed by atoms with van der Waals surface area (Å²) in [5.74, 6) is -12.5. The third-order valence-electron chi connectivity index (χ3n) is 20.7. The van der Waals surface area contributed by atoms with E-state index in [4.69, 9.17) is 118 Å². The molecule has 0 aromatic heterocycles. The first-order valence-corrected chi connectivity index (χ1v) is 43.3. The Morgan fingerprint density at radius 1 is 0.202 bits per heavy atom. The van der Waals surface area contributed by atoms with Crippen molar-refractivity contribution >= 4 is 77.6 Å². The average Bonchev–Trinajstić information content (AvgIpc) is 0.772. The van der Waals surface area contributed by atoms with Crippen LogP contribution in [0.2, 0.25) is 0 Å². The molecule has 6 saturated heterocycles. The van der Waals surface area contributed by atoms with Gasteiger partial charge in [-0.1, -0.05) is 81.5 Å². The van der Waals surface area contributed by atoms with Gasteiger partial charge in [-0.3, -0.25) is 62.3 Å². The van der Waals surface area contributed by atoms with Crippen LogP contribution in [0, 0.1) is 0 Å². The molecule has 0 bridgehead atoms. The maximum atomic E-state index is 13.6. The lowest BCUT2D eigenvalue weighted by atomic mass is 9.99. The third-order valence-corrected chi connectivity index (χ3v) is 20.7. The number of ether oxygens (including phenoxy) is 25. The van der Waals surface area contributed by atoms with Crippen LogP contribution in [0.25, 0.3) is 0 Å². The number of rotatable bonds is 44. The van der Waals surface area contributed by atoms with E-state index in [-0.39, 0.29) is 6.61 Å². The fourth-order valence-electron chi connectivity index (χ4n) is 15.1. The number of carbonyl (C=O) groups is 13. The number of hydrogen-bond acceptors (Lipinski definition) is 38. The molecule has 38 nitrogen and oxygen atoms in total. The van der Waals surface area contributed by atoms with E-state index >= 15 is 0 Å². The molecule has 6 aliphatic heterocycles. The van der Waals surface area contributed by atoms with Crippen molar-refractivity contribution in [2.75, 3.05) is 46.2 Å². The largest absolute Gasteiger partial charge is 0.457 e. The normalized spacial score (nSPS) is 30.0. The van der Waals surface area contributed by atoms with E-state index in [1.807, 2.05) is 13.0 Å². The molecular formula is C91H132O38. The molecule has 24 atom stereocenters. The van der Waals surface area contributed by atoms with Crippen LogP contribution in [0.3, 0.4) is 0 Å². The van der Waals surface area contributed by atoms with Crippen molar-refractivity contribution in [3.63, 3.8) is 0 Å². The summed E-state index contributed by atoms with van der Waals surface area (Å²) in [4.78, 5) is 170. The van der Waals surface area contributed by atoms with Crippen LogP contribution in [-0.2, 0) is 181 Å². The molecular weight excluding hydrogens is 1700 g/mol. The quantitative estimate of drug-likeness (QED) is 0.0311. The van der Waals surface area contributed by atoms with Gasteiger partial charge < -0.3 is 118 Å². The van der Waals surface area contributed by atoms with Crippen molar-refractivity contribution in [3.8, 4) is 0 Å². The number of esters is 13. The first kappa shape index (κ1) is 109. The lowest BCUT2D eigenvalue weighted by molar-refractivity contribution is -0.375. The second-order valence-electron chi connectivity index (χ2n) is 32.8. The fourth-order valence-corrected chi connectivity index (χ4v) is 15.1. The van der Waals surface area contributed by atoms with Gasteiger partial charge in [0.15, 0.2) is 117 Å². The zero-order valence-corrected chi connectivity index (χ0v) is 77.8. The van der Waals surface area contributed by atoms with Crippen LogP contribution in [0.5, 0.6) is 0 Å². The van der Waals surface area contributed by atoms with Crippen molar-refractivity contribution in [1.29, 1.82) is 0 Å². The minimum Gasteiger partial charge on any atom is -0.457 e. The summed E-state index contributed by atoms with van der Waals surface area (Å²) in [6.07, 6.45) is -14.6. The Balaban J connectivity index is 1.21. The van der Waals surface area contributed by atoms with Gasteiger partial charge in [-0.2, -0.15) is 0 Å². The Morgan fingerprint density at radius 3 is 0.620 bits per heavy atom. The van der Waals surface area contributed by atoms with Gasteiger partial charge in [-0.05, 0) is 132 Å². The molecule has 24 unspecified atom stereocenters. The Morgan fingerprint density at radius 2 is 0.380 bits per heavy atom. The first-order valence-electron chi connectivity index (χ1n) is 43.3. The van der Waals surface area contributed by atoms with Crippen LogP contribution in [0.4, 0.5) is 0 Å². The smallest absolute Gasteiger partial charge is 0.303 e. The molecule has 0 amide bonds. The van der Waals surface area contributed by atoms with Gasteiger partial charge >= 0.3 is 77.6 Å². The maximum absolute atomic E-state index is 13.6. The van der Waals surface area contributed by atoms with E-state index in [1.165, 1.54) is 33.4 Å². The van der Waals surface area contributed by atoms with Gasteiger partial charge in [-0.25, -0.2) is 0 Å². The first-order chi connectivity index (χ1) is 60.9. The predicted octanol–water partition coefficient (Wildman–Crippen LogP) is 9.50. The minimum absolute atomic E-state index is 0.0449. The van der Waals surface area contributed by atoms with Gasteiger partial charge in [0.2, 0.25) is 0 Å². The summed E-state index contributed by atoms with van der Waals surface area (Å²) in [7, 11) is 0. The van der Waals surface area contributed by atoms with Crippen LogP contribution >= 0.6 is 0 Å². The van der Waals surface area contributed by atoms with E-state index in [1.54, 1.807) is 0 Å². The second kappa shape index (κ2) is 54.6. The van der Waals surface area contributed by atoms with E-state index in [2.05, 4.69) is 84.9 Å². The SMILES string of the molecule is CC(=O)OC1COC(OC2C(OC(C)=O)COC(OC3C(OC(C)=O)COC(OC4C(OC(C)=O)COC(OC5C(OC(C)=O)COC(OC6COC(OCC=C(C)CCC=C(C)CCC=C(C)CCC=C(C)CCC=C(C)CCC=C(C)CCC=C(C)C)C(OC(C)=O)C6OC(C)=O)C5OC(C)=O)C4OC(C)=O)C3OC(C)=O)C2OC(C)=O)C(OC(C)=O)C1OC(C)=O. The molecule has 0 aliphatic carbocycles. The lowest BCUT2D eigenvalue weighted by Crippen LogP contribution is -2.66. The average molecular weight is 1830 g/mol. The van der Waals surface area contributed by atoms with Crippen molar-refractivity contribution in [3.05, 3.63) is 81.5 Å². The van der Waals surface area contributed by atoms with E-state index in [9.17, 15) is 62.3 Å². The monoisotopic (exact) mass is 1830 g/mol. The van der Waals surface area contributed by atoms with Crippen molar-refractivity contribution in [1.82, 2.24) is 0 Å². The molecule has 0 saturated carbocycles. The summed E-state index contributed by atoms with van der Waals surface area (Å²) < 4.78 is 150. The molecule has 0 radical (unpaired) electrons. The highest BCUT2D eigenvalue weighted by Gasteiger charge is 2.60. The van der Waals surface area contributed by atoms with Crippen LogP contribution in [-0.4, -0.2) is 271 Å². The fraction of sp³-hybridized carbons (Fsp3) is 0.703. The van der Waals surface area contributed by atoms with Crippen LogP contribution in [0.15, 0.2) is 81.5 Å². The Labute approximate surface area is 753 Å². The van der Waals surface area contributed by atoms with E-state index in [0.29, 0.717) is 6.42 Å². The summed E-state index contributed by atoms with van der Waals surface area (Å²) in [5.41, 5.74) is 9.24. The zero-order chi connectivity index (χ0) is 95.5. The maximum Gasteiger partial charge on any atom is 0.303 e. The Kier molecular flexibility index (Phi) is 45.9. The number of carbonyl (C=O) groups excluding carboxylic acids is 13. The molecule has 6 rings (SSSR count). The van der Waals surface area contributed by atoms with Crippen LogP contribution in [0.1, 0.15) is 222 Å². The molecule has 38 heteroatoms. The molecule has 129 heavy (non-hydrogen) atoms. The number of allylic oxidation sites excluding steroid dienone is 13. The van der Waals surface area contributed by atoms with Crippen molar-refractivity contribution in [2.45, 2.75) is 370 Å². The molecule has 0 aromatic carbocycles. The molecule has 724 valence electrons. The van der Waals surface area contributed by atoms with Gasteiger partial charge in [0.25, 0.3) is 0 Å². The predicted molar refractivity (Wildman–Crippen MR) is 448 cm³/mol. The number of hydrogen-bond donors (Lipinski definition) is 0. The zero-order valence-electron chi connectivity index (χ0n) is 77.8.